The van der Waals surface area contributed by atoms with Crippen molar-refractivity contribution in [1.29, 1.82) is 0 Å². The van der Waals surface area contributed by atoms with Crippen molar-refractivity contribution in [1.82, 2.24) is 24.3 Å². The van der Waals surface area contributed by atoms with Crippen LogP contribution in [0.4, 0.5) is 0 Å². The Morgan fingerprint density at radius 1 is 0.667 bits per heavy atom. The quantitative estimate of drug-likeness (QED) is 0.209. The van der Waals surface area contributed by atoms with E-state index in [-0.39, 0.29) is 5.41 Å². The molecule has 0 spiro atoms. The summed E-state index contributed by atoms with van der Waals surface area (Å²) in [5, 5.41) is 2.05. The molecule has 8 rings (SSSR count). The maximum atomic E-state index is 5.42. The van der Waals surface area contributed by atoms with Crippen LogP contribution in [-0.2, 0) is 5.41 Å². The second kappa shape index (κ2) is 9.32. The van der Waals surface area contributed by atoms with Gasteiger partial charge in [0.25, 0.3) is 0 Å². The van der Waals surface area contributed by atoms with Gasteiger partial charge in [-0.2, -0.15) is 0 Å². The molecule has 0 amide bonds. The lowest BCUT2D eigenvalue weighted by Gasteiger charge is -2.26. The molecule has 5 nitrogen and oxygen atoms in total. The average molecular weight is 542 g/mol. The van der Waals surface area contributed by atoms with Crippen molar-refractivity contribution in [2.45, 2.75) is 19.3 Å². The van der Waals surface area contributed by atoms with Crippen LogP contribution >= 0.6 is 0 Å². The van der Waals surface area contributed by atoms with Crippen LogP contribution in [0, 0.1) is 0 Å². The minimum atomic E-state index is -0.359. The number of para-hydroxylation sites is 2. The molecule has 0 aliphatic heterocycles. The fourth-order valence-electron chi connectivity index (χ4n) is 6.08. The maximum Gasteiger partial charge on any atom is 0.147 e. The van der Waals surface area contributed by atoms with Gasteiger partial charge in [-0.15, -0.1) is 0 Å². The average Bonchev–Trinajstić information content (AvgIpc) is 3.45. The first-order valence-electron chi connectivity index (χ1n) is 14.1. The SMILES string of the molecule is CC(C)(c1cccc(-c2ccccn2)c1)c1ccc2c(n1)c1cncc(-c3ccccc3)c1c1nc3ccccc3n21. The van der Waals surface area contributed by atoms with Crippen LogP contribution in [0.5, 0.6) is 0 Å². The number of imidazole rings is 1. The highest BCUT2D eigenvalue weighted by molar-refractivity contribution is 6.16. The van der Waals surface area contributed by atoms with Gasteiger partial charge in [0.05, 0.1) is 33.5 Å². The Hall–Kier alpha value is -5.42. The van der Waals surface area contributed by atoms with Crippen LogP contribution in [0.3, 0.4) is 0 Å². The molecule has 5 heterocycles. The number of fused-ring (bicyclic) bond motifs is 8. The Labute approximate surface area is 243 Å². The summed E-state index contributed by atoms with van der Waals surface area (Å²) in [6, 6.07) is 37.7. The Morgan fingerprint density at radius 2 is 1.48 bits per heavy atom. The zero-order chi connectivity index (χ0) is 28.3. The summed E-state index contributed by atoms with van der Waals surface area (Å²) in [6.45, 7) is 4.47. The summed E-state index contributed by atoms with van der Waals surface area (Å²) in [5.41, 5.74) is 10.9. The molecule has 0 radical (unpaired) electrons. The third-order valence-electron chi connectivity index (χ3n) is 8.37. The van der Waals surface area contributed by atoms with Crippen molar-refractivity contribution in [3.05, 3.63) is 139 Å². The van der Waals surface area contributed by atoms with Gasteiger partial charge < -0.3 is 0 Å². The van der Waals surface area contributed by atoms with Crippen molar-refractivity contribution in [3.63, 3.8) is 0 Å². The summed E-state index contributed by atoms with van der Waals surface area (Å²) in [6.07, 6.45) is 5.72. The molecule has 42 heavy (non-hydrogen) atoms. The van der Waals surface area contributed by atoms with Crippen LogP contribution in [0.25, 0.3) is 60.9 Å². The largest absolute Gasteiger partial charge is 0.290 e. The van der Waals surface area contributed by atoms with Crippen molar-refractivity contribution in [3.8, 4) is 22.4 Å². The third kappa shape index (κ3) is 3.71. The lowest BCUT2D eigenvalue weighted by molar-refractivity contribution is 0.620. The molecule has 200 valence electrons. The second-order valence-corrected chi connectivity index (χ2v) is 11.2. The summed E-state index contributed by atoms with van der Waals surface area (Å²) in [4.78, 5) is 19.8. The zero-order valence-electron chi connectivity index (χ0n) is 23.4. The highest BCUT2D eigenvalue weighted by Crippen LogP contribution is 2.39. The number of hydrogen-bond acceptors (Lipinski definition) is 4. The molecule has 5 aromatic heterocycles. The van der Waals surface area contributed by atoms with Gasteiger partial charge in [-0.05, 0) is 53.6 Å². The maximum absolute atomic E-state index is 5.42. The molecule has 0 aliphatic rings. The van der Waals surface area contributed by atoms with E-state index in [9.17, 15) is 0 Å². The Bertz CT molecular complexity index is 2270. The van der Waals surface area contributed by atoms with E-state index in [4.69, 9.17) is 15.0 Å². The van der Waals surface area contributed by atoms with Gasteiger partial charge in [-0.3, -0.25) is 14.4 Å². The molecule has 0 bridgehead atoms. The topological polar surface area (TPSA) is 56.0 Å². The molecule has 0 atom stereocenters. The molecule has 0 fully saturated rings. The molecule has 0 saturated heterocycles. The van der Waals surface area contributed by atoms with E-state index in [0.717, 1.165) is 66.6 Å². The summed E-state index contributed by atoms with van der Waals surface area (Å²) >= 11 is 0. The highest BCUT2D eigenvalue weighted by atomic mass is 15.0. The fourth-order valence-corrected chi connectivity index (χ4v) is 6.08. The number of benzene rings is 3. The van der Waals surface area contributed by atoms with Crippen LogP contribution in [-0.4, -0.2) is 24.3 Å². The lowest BCUT2D eigenvalue weighted by atomic mass is 9.80. The number of hydrogen-bond donors (Lipinski definition) is 0. The molecule has 0 unspecified atom stereocenters. The first-order chi connectivity index (χ1) is 20.6. The number of nitrogens with zero attached hydrogens (tertiary/aromatic N) is 5. The van der Waals surface area contributed by atoms with Crippen molar-refractivity contribution in [2.75, 3.05) is 0 Å². The Morgan fingerprint density at radius 3 is 2.33 bits per heavy atom. The van der Waals surface area contributed by atoms with Crippen LogP contribution in [0.1, 0.15) is 25.1 Å². The first-order valence-corrected chi connectivity index (χ1v) is 14.1. The van der Waals surface area contributed by atoms with Crippen molar-refractivity contribution in [2.24, 2.45) is 0 Å². The molecule has 0 aliphatic carbocycles. The lowest BCUT2D eigenvalue weighted by Crippen LogP contribution is -2.21. The zero-order valence-corrected chi connectivity index (χ0v) is 23.4. The number of aromatic nitrogens is 5. The van der Waals surface area contributed by atoms with E-state index in [1.165, 1.54) is 5.56 Å². The van der Waals surface area contributed by atoms with Crippen molar-refractivity contribution >= 4 is 38.5 Å². The molecule has 8 aromatic rings. The minimum absolute atomic E-state index is 0.359. The second-order valence-electron chi connectivity index (χ2n) is 11.2. The van der Waals surface area contributed by atoms with Gasteiger partial charge in [0.2, 0.25) is 0 Å². The van der Waals surface area contributed by atoms with Gasteiger partial charge in [0.1, 0.15) is 5.65 Å². The molecule has 3 aromatic carbocycles. The fraction of sp³-hybridized carbons (Fsp3) is 0.0811. The van der Waals surface area contributed by atoms with Crippen LogP contribution < -0.4 is 0 Å². The van der Waals surface area contributed by atoms with Gasteiger partial charge >= 0.3 is 0 Å². The predicted octanol–water partition coefficient (Wildman–Crippen LogP) is 8.64. The molecule has 5 heteroatoms. The van der Waals surface area contributed by atoms with E-state index in [1.807, 2.05) is 48.9 Å². The monoisotopic (exact) mass is 541 g/mol. The Balaban J connectivity index is 1.42. The minimum Gasteiger partial charge on any atom is -0.290 e. The van der Waals surface area contributed by atoms with Crippen LogP contribution in [0.15, 0.2) is 128 Å². The van der Waals surface area contributed by atoms with E-state index in [0.29, 0.717) is 0 Å². The van der Waals surface area contributed by atoms with Gasteiger partial charge in [0, 0.05) is 45.9 Å². The third-order valence-corrected chi connectivity index (χ3v) is 8.37. The summed E-state index contributed by atoms with van der Waals surface area (Å²) in [5.74, 6) is 0. The standard InChI is InChI=1S/C37H27N5/c1-37(2,26-14-10-13-25(21-26)29-15-8-9-20-39-29)33-19-18-32-35(41-33)28-23-38-22-27(24-11-4-3-5-12-24)34(28)36-40-30-16-6-7-17-31(30)42(32)36/h3-23H,1-2H3. The Kier molecular flexibility index (Phi) is 5.41. The molecular formula is C37H27N5. The normalized spacial score (nSPS) is 12.0. The van der Waals surface area contributed by atoms with E-state index >= 15 is 0 Å². The summed E-state index contributed by atoms with van der Waals surface area (Å²) < 4.78 is 2.25. The number of rotatable bonds is 4. The first kappa shape index (κ1) is 24.4. The predicted molar refractivity (Wildman–Crippen MR) is 171 cm³/mol. The molecule has 0 N–H and O–H groups in total. The van der Waals surface area contributed by atoms with E-state index in [1.54, 1.807) is 0 Å². The van der Waals surface area contributed by atoms with Gasteiger partial charge in [0.15, 0.2) is 0 Å². The molecular weight excluding hydrogens is 514 g/mol. The number of pyridine rings is 4. The highest BCUT2D eigenvalue weighted by Gasteiger charge is 2.27. The van der Waals surface area contributed by atoms with Crippen LogP contribution in [0.2, 0.25) is 0 Å². The smallest absolute Gasteiger partial charge is 0.147 e. The molecule has 0 saturated carbocycles. The summed E-state index contributed by atoms with van der Waals surface area (Å²) in [7, 11) is 0. The van der Waals surface area contributed by atoms with Crippen molar-refractivity contribution < 1.29 is 0 Å². The van der Waals surface area contributed by atoms with E-state index in [2.05, 4.69) is 102 Å². The van der Waals surface area contributed by atoms with Gasteiger partial charge in [-0.25, -0.2) is 9.97 Å². The van der Waals surface area contributed by atoms with Gasteiger partial charge in [-0.1, -0.05) is 80.6 Å². The van der Waals surface area contributed by atoms with E-state index < -0.39 is 0 Å².